The summed E-state index contributed by atoms with van der Waals surface area (Å²) >= 11 is 1.48. The Labute approximate surface area is 156 Å². The molecule has 1 aliphatic heterocycles. The number of benzene rings is 2. The first kappa shape index (κ1) is 18.1. The summed E-state index contributed by atoms with van der Waals surface area (Å²) in [5.41, 5.74) is 2.62. The second-order valence-electron chi connectivity index (χ2n) is 5.94. The monoisotopic (exact) mass is 372 g/mol. The van der Waals surface area contributed by atoms with Crippen molar-refractivity contribution in [3.63, 3.8) is 0 Å². The second kappa shape index (κ2) is 7.29. The summed E-state index contributed by atoms with van der Waals surface area (Å²) in [7, 11) is 3.11. The molecule has 0 saturated carbocycles. The van der Waals surface area contributed by atoms with Gasteiger partial charge in [0.15, 0.2) is 11.5 Å². The zero-order valence-electron chi connectivity index (χ0n) is 15.0. The molecule has 3 rings (SSSR count). The number of amides is 2. The van der Waals surface area contributed by atoms with Crippen LogP contribution in [0.15, 0.2) is 35.2 Å². The number of aryl methyl sites for hydroxylation is 1. The molecular formula is C19H20N2O4S. The van der Waals surface area contributed by atoms with E-state index in [9.17, 15) is 9.59 Å². The van der Waals surface area contributed by atoms with Crippen LogP contribution >= 0.6 is 11.8 Å². The van der Waals surface area contributed by atoms with Crippen LogP contribution in [0, 0.1) is 6.92 Å². The zero-order valence-corrected chi connectivity index (χ0v) is 15.8. The van der Waals surface area contributed by atoms with E-state index >= 15 is 0 Å². The van der Waals surface area contributed by atoms with Crippen molar-refractivity contribution in [1.82, 2.24) is 0 Å². The number of hydrogen-bond donors (Lipinski definition) is 2. The summed E-state index contributed by atoms with van der Waals surface area (Å²) in [6, 6.07) is 8.83. The predicted octanol–water partition coefficient (Wildman–Crippen LogP) is 3.70. The molecule has 2 N–H and O–H groups in total. The van der Waals surface area contributed by atoms with E-state index in [-0.39, 0.29) is 17.1 Å². The number of methoxy groups -OCH3 is 2. The van der Waals surface area contributed by atoms with Gasteiger partial charge in [0.1, 0.15) is 0 Å². The first-order chi connectivity index (χ1) is 12.4. The Morgan fingerprint density at radius 3 is 2.54 bits per heavy atom. The molecule has 1 aliphatic rings. The molecule has 0 saturated heterocycles. The third-order valence-corrected chi connectivity index (χ3v) is 5.33. The molecule has 0 bridgehead atoms. The molecule has 7 heteroatoms. The minimum atomic E-state index is -0.263. The molecule has 0 aromatic heterocycles. The fraction of sp³-hybridized carbons (Fsp3) is 0.263. The average Bonchev–Trinajstić information content (AvgIpc) is 2.63. The van der Waals surface area contributed by atoms with Crippen LogP contribution in [-0.4, -0.2) is 31.3 Å². The molecule has 26 heavy (non-hydrogen) atoms. The van der Waals surface area contributed by atoms with E-state index in [1.165, 1.54) is 11.8 Å². The summed E-state index contributed by atoms with van der Waals surface area (Å²) in [5.74, 6) is 0.818. The van der Waals surface area contributed by atoms with E-state index in [1.54, 1.807) is 38.5 Å². The van der Waals surface area contributed by atoms with Crippen molar-refractivity contribution in [3.8, 4) is 11.5 Å². The van der Waals surface area contributed by atoms with Crippen LogP contribution in [0.1, 0.15) is 22.8 Å². The third kappa shape index (κ3) is 3.48. The minimum absolute atomic E-state index is 0.0595. The van der Waals surface area contributed by atoms with E-state index < -0.39 is 0 Å². The van der Waals surface area contributed by atoms with Gasteiger partial charge in [0.2, 0.25) is 5.91 Å². The third-order valence-electron chi connectivity index (χ3n) is 4.15. The van der Waals surface area contributed by atoms with Crippen molar-refractivity contribution in [1.29, 1.82) is 0 Å². The molecular weight excluding hydrogens is 352 g/mol. The van der Waals surface area contributed by atoms with E-state index in [4.69, 9.17) is 9.47 Å². The summed E-state index contributed by atoms with van der Waals surface area (Å²) in [6.45, 7) is 3.73. The molecule has 1 atom stereocenters. The van der Waals surface area contributed by atoms with Gasteiger partial charge in [-0.25, -0.2) is 0 Å². The van der Waals surface area contributed by atoms with E-state index in [1.807, 2.05) is 19.9 Å². The van der Waals surface area contributed by atoms with Crippen molar-refractivity contribution in [3.05, 3.63) is 41.5 Å². The van der Waals surface area contributed by atoms with Crippen molar-refractivity contribution in [2.45, 2.75) is 24.0 Å². The molecule has 1 heterocycles. The first-order valence-corrected chi connectivity index (χ1v) is 8.96. The van der Waals surface area contributed by atoms with Gasteiger partial charge in [-0.05, 0) is 43.7 Å². The Morgan fingerprint density at radius 1 is 1.15 bits per heavy atom. The lowest BCUT2D eigenvalue weighted by Crippen LogP contribution is -2.26. The van der Waals surface area contributed by atoms with Crippen LogP contribution in [0.3, 0.4) is 0 Å². The Hall–Kier alpha value is -2.67. The molecule has 6 nitrogen and oxygen atoms in total. The predicted molar refractivity (Wildman–Crippen MR) is 103 cm³/mol. The minimum Gasteiger partial charge on any atom is -0.493 e. The van der Waals surface area contributed by atoms with Crippen LogP contribution in [0.5, 0.6) is 11.5 Å². The van der Waals surface area contributed by atoms with Crippen molar-refractivity contribution in [2.75, 3.05) is 24.9 Å². The number of nitrogens with one attached hydrogen (secondary N) is 2. The molecule has 2 amide bonds. The maximum absolute atomic E-state index is 12.6. The summed E-state index contributed by atoms with van der Waals surface area (Å²) in [6.07, 6.45) is 0. The Bertz CT molecular complexity index is 882. The van der Waals surface area contributed by atoms with E-state index in [2.05, 4.69) is 10.6 Å². The summed E-state index contributed by atoms with van der Waals surface area (Å²) in [5, 5.41) is 5.58. The topological polar surface area (TPSA) is 76.7 Å². The number of carbonyl (C=O) groups is 2. The Balaban J connectivity index is 1.85. The Morgan fingerprint density at radius 2 is 1.85 bits per heavy atom. The number of anilines is 2. The quantitative estimate of drug-likeness (QED) is 0.856. The number of rotatable bonds is 4. The second-order valence-corrected chi connectivity index (χ2v) is 7.32. The SMILES string of the molecule is COc1cc(C)c(NC(=O)c2ccc3c(c2)NC(=O)[C@H](C)S3)cc1OC. The lowest BCUT2D eigenvalue weighted by Gasteiger charge is -2.21. The molecule has 136 valence electrons. The fourth-order valence-electron chi connectivity index (χ4n) is 2.66. The molecule has 0 aliphatic carbocycles. The number of hydrogen-bond acceptors (Lipinski definition) is 5. The summed E-state index contributed by atoms with van der Waals surface area (Å²) in [4.78, 5) is 25.5. The van der Waals surface area contributed by atoms with Crippen molar-refractivity contribution >= 4 is 35.0 Å². The summed E-state index contributed by atoms with van der Waals surface area (Å²) < 4.78 is 10.6. The van der Waals surface area contributed by atoms with Gasteiger partial charge in [-0.3, -0.25) is 9.59 Å². The van der Waals surface area contributed by atoms with Gasteiger partial charge in [0.05, 0.1) is 25.2 Å². The largest absolute Gasteiger partial charge is 0.493 e. The van der Waals surface area contributed by atoms with E-state index in [0.717, 1.165) is 10.5 Å². The van der Waals surface area contributed by atoms with Crippen molar-refractivity contribution in [2.24, 2.45) is 0 Å². The molecule has 0 spiro atoms. The van der Waals surface area contributed by atoms with Gasteiger partial charge in [-0.2, -0.15) is 0 Å². The normalized spacial score (nSPS) is 15.7. The lowest BCUT2D eigenvalue weighted by atomic mass is 10.1. The van der Waals surface area contributed by atoms with Gasteiger partial charge in [-0.15, -0.1) is 11.8 Å². The zero-order chi connectivity index (χ0) is 18.8. The Kier molecular flexibility index (Phi) is 5.08. The molecule has 0 fully saturated rings. The maximum Gasteiger partial charge on any atom is 0.255 e. The molecule has 0 radical (unpaired) electrons. The van der Waals surface area contributed by atoms with Gasteiger partial charge in [0, 0.05) is 22.2 Å². The standard InChI is InChI=1S/C19H20N2O4S/c1-10-7-15(24-3)16(25-4)9-13(10)20-19(23)12-5-6-17-14(8-12)21-18(22)11(2)26-17/h5-9,11H,1-4H3,(H,20,23)(H,21,22)/t11-/m0/s1. The van der Waals surface area contributed by atoms with Gasteiger partial charge in [-0.1, -0.05) is 0 Å². The smallest absolute Gasteiger partial charge is 0.255 e. The highest BCUT2D eigenvalue weighted by atomic mass is 32.2. The van der Waals surface area contributed by atoms with Crippen LogP contribution in [-0.2, 0) is 4.79 Å². The first-order valence-electron chi connectivity index (χ1n) is 8.08. The number of carbonyl (C=O) groups excluding carboxylic acids is 2. The maximum atomic E-state index is 12.6. The lowest BCUT2D eigenvalue weighted by molar-refractivity contribution is -0.115. The average molecular weight is 372 g/mol. The van der Waals surface area contributed by atoms with Crippen LogP contribution in [0.25, 0.3) is 0 Å². The number of thioether (sulfide) groups is 1. The number of ether oxygens (including phenoxy) is 2. The van der Waals surface area contributed by atoms with Crippen LogP contribution in [0.4, 0.5) is 11.4 Å². The highest BCUT2D eigenvalue weighted by Crippen LogP contribution is 2.36. The molecule has 2 aromatic carbocycles. The van der Waals surface area contributed by atoms with Gasteiger partial charge >= 0.3 is 0 Å². The molecule has 2 aromatic rings. The van der Waals surface area contributed by atoms with Crippen molar-refractivity contribution < 1.29 is 19.1 Å². The highest BCUT2D eigenvalue weighted by molar-refractivity contribution is 8.00. The van der Waals surface area contributed by atoms with Crippen LogP contribution in [0.2, 0.25) is 0 Å². The molecule has 0 unspecified atom stereocenters. The van der Waals surface area contributed by atoms with Crippen LogP contribution < -0.4 is 20.1 Å². The van der Waals surface area contributed by atoms with E-state index in [0.29, 0.717) is 28.4 Å². The van der Waals surface area contributed by atoms with Gasteiger partial charge in [0.25, 0.3) is 5.91 Å². The fourth-order valence-corrected chi connectivity index (χ4v) is 3.59. The van der Waals surface area contributed by atoms with Gasteiger partial charge < -0.3 is 20.1 Å². The number of fused-ring (bicyclic) bond motifs is 1. The highest BCUT2D eigenvalue weighted by Gasteiger charge is 2.24.